The van der Waals surface area contributed by atoms with Crippen LogP contribution in [0.3, 0.4) is 0 Å². The molecule has 1 saturated heterocycles. The van der Waals surface area contributed by atoms with Crippen molar-refractivity contribution in [2.24, 2.45) is 5.73 Å². The maximum Gasteiger partial charge on any atom is 0.265 e. The highest BCUT2D eigenvalue weighted by molar-refractivity contribution is 7.13. The van der Waals surface area contributed by atoms with Crippen molar-refractivity contribution in [2.75, 3.05) is 13.1 Å². The van der Waals surface area contributed by atoms with Gasteiger partial charge in [0.15, 0.2) is 0 Å². The molecule has 2 aliphatic rings. The van der Waals surface area contributed by atoms with Gasteiger partial charge in [-0.25, -0.2) is 4.98 Å². The highest BCUT2D eigenvalue weighted by Gasteiger charge is 2.28. The smallest absolute Gasteiger partial charge is 0.265 e. The minimum atomic E-state index is 0. The number of halogens is 1. The van der Waals surface area contributed by atoms with Crippen LogP contribution in [0.15, 0.2) is 0 Å². The van der Waals surface area contributed by atoms with Gasteiger partial charge in [0.25, 0.3) is 5.91 Å². The van der Waals surface area contributed by atoms with Crippen LogP contribution in [0.1, 0.15) is 64.8 Å². The number of aryl methyl sites for hydroxylation is 1. The molecule has 6 heteroatoms. The quantitative estimate of drug-likeness (QED) is 0.907. The zero-order valence-electron chi connectivity index (χ0n) is 12.5. The first kappa shape index (κ1) is 16.7. The van der Waals surface area contributed by atoms with Crippen molar-refractivity contribution >= 4 is 29.7 Å². The fraction of sp³-hybridized carbons (Fsp3) is 0.733. The van der Waals surface area contributed by atoms with Gasteiger partial charge in [0.2, 0.25) is 0 Å². The van der Waals surface area contributed by atoms with Crippen LogP contribution in [0.2, 0.25) is 0 Å². The van der Waals surface area contributed by atoms with Crippen LogP contribution >= 0.6 is 23.7 Å². The van der Waals surface area contributed by atoms with E-state index in [1.54, 1.807) is 11.3 Å². The Morgan fingerprint density at radius 2 is 2.00 bits per heavy atom. The Labute approximate surface area is 136 Å². The summed E-state index contributed by atoms with van der Waals surface area (Å²) in [7, 11) is 0. The molecule has 0 spiro atoms. The summed E-state index contributed by atoms with van der Waals surface area (Å²) in [6, 6.07) is 0.134. The SMILES string of the molecule is Cc1nc(C2CCCC2)sc1C(=O)N1CCCC(N)C1.Cl. The Balaban J connectivity index is 0.00000161. The third-order valence-corrected chi connectivity index (χ3v) is 5.76. The van der Waals surface area contributed by atoms with E-state index in [1.807, 2.05) is 11.8 Å². The first-order valence-corrected chi connectivity index (χ1v) is 8.49. The van der Waals surface area contributed by atoms with E-state index in [2.05, 4.69) is 4.98 Å². The normalized spacial score (nSPS) is 23.1. The van der Waals surface area contributed by atoms with Crippen LogP contribution in [-0.2, 0) is 0 Å². The lowest BCUT2D eigenvalue weighted by molar-refractivity contribution is 0.0713. The van der Waals surface area contributed by atoms with Crippen molar-refractivity contribution in [3.05, 3.63) is 15.6 Å². The van der Waals surface area contributed by atoms with Gasteiger partial charge >= 0.3 is 0 Å². The van der Waals surface area contributed by atoms with E-state index in [0.717, 1.165) is 30.0 Å². The minimum absolute atomic E-state index is 0. The van der Waals surface area contributed by atoms with Crippen LogP contribution in [-0.4, -0.2) is 34.9 Å². The van der Waals surface area contributed by atoms with Gasteiger partial charge in [0, 0.05) is 25.0 Å². The fourth-order valence-corrected chi connectivity index (χ4v) is 4.50. The Hall–Kier alpha value is -0.650. The van der Waals surface area contributed by atoms with Crippen molar-refractivity contribution in [2.45, 2.75) is 57.4 Å². The molecule has 1 atom stereocenters. The third kappa shape index (κ3) is 3.58. The molecular weight excluding hydrogens is 306 g/mol. The van der Waals surface area contributed by atoms with Gasteiger partial charge in [0.1, 0.15) is 4.88 Å². The van der Waals surface area contributed by atoms with Gasteiger partial charge in [-0.3, -0.25) is 4.79 Å². The first-order chi connectivity index (χ1) is 9.65. The molecule has 1 saturated carbocycles. The summed E-state index contributed by atoms with van der Waals surface area (Å²) in [6.45, 7) is 3.49. The zero-order valence-corrected chi connectivity index (χ0v) is 14.1. The second-order valence-electron chi connectivity index (χ2n) is 6.10. The molecule has 2 fully saturated rings. The lowest BCUT2D eigenvalue weighted by atomic mass is 10.1. The predicted molar refractivity (Wildman–Crippen MR) is 88.4 cm³/mol. The molecule has 0 radical (unpaired) electrons. The molecule has 1 aromatic heterocycles. The second-order valence-corrected chi connectivity index (χ2v) is 7.13. The van der Waals surface area contributed by atoms with Gasteiger partial charge in [0.05, 0.1) is 10.7 Å². The van der Waals surface area contributed by atoms with E-state index in [1.165, 1.54) is 30.7 Å². The molecule has 1 aromatic rings. The molecular formula is C15H24ClN3OS. The lowest BCUT2D eigenvalue weighted by Gasteiger charge is -2.30. The molecule has 118 valence electrons. The number of hydrogen-bond acceptors (Lipinski definition) is 4. The van der Waals surface area contributed by atoms with Gasteiger partial charge in [-0.05, 0) is 32.6 Å². The summed E-state index contributed by atoms with van der Waals surface area (Å²) in [5.74, 6) is 0.725. The maximum absolute atomic E-state index is 12.6. The van der Waals surface area contributed by atoms with Crippen LogP contribution in [0, 0.1) is 6.92 Å². The molecule has 0 bridgehead atoms. The summed E-state index contributed by atoms with van der Waals surface area (Å²) in [4.78, 5) is 20.0. The number of carbonyl (C=O) groups excluding carboxylic acids is 1. The topological polar surface area (TPSA) is 59.2 Å². The molecule has 2 heterocycles. The Kier molecular flexibility index (Phi) is 5.63. The molecule has 1 amide bonds. The number of piperidine rings is 1. The predicted octanol–water partition coefficient (Wildman–Crippen LogP) is 3.09. The van der Waals surface area contributed by atoms with Crippen LogP contribution in [0.4, 0.5) is 0 Å². The zero-order chi connectivity index (χ0) is 14.1. The molecule has 4 nitrogen and oxygen atoms in total. The number of nitrogens with zero attached hydrogens (tertiary/aromatic N) is 2. The van der Waals surface area contributed by atoms with Gasteiger partial charge < -0.3 is 10.6 Å². The highest BCUT2D eigenvalue weighted by Crippen LogP contribution is 2.37. The standard InChI is InChI=1S/C15H23N3OS.ClH/c1-10-13(15(19)18-8-4-7-12(16)9-18)20-14(17-10)11-5-2-3-6-11;/h11-12H,2-9,16H2,1H3;1H. The molecule has 1 aliphatic carbocycles. The van der Waals surface area contributed by atoms with E-state index in [0.29, 0.717) is 12.5 Å². The van der Waals surface area contributed by atoms with Crippen molar-refractivity contribution in [3.63, 3.8) is 0 Å². The summed E-state index contributed by atoms with van der Waals surface area (Å²) in [5.41, 5.74) is 6.88. The summed E-state index contributed by atoms with van der Waals surface area (Å²) >= 11 is 1.62. The number of thiazole rings is 1. The number of aromatic nitrogens is 1. The average Bonchev–Trinajstić information content (AvgIpc) is 3.07. The molecule has 21 heavy (non-hydrogen) atoms. The van der Waals surface area contributed by atoms with Crippen molar-refractivity contribution in [1.82, 2.24) is 9.88 Å². The maximum atomic E-state index is 12.6. The molecule has 0 aromatic carbocycles. The van der Waals surface area contributed by atoms with Crippen molar-refractivity contribution < 1.29 is 4.79 Å². The number of hydrogen-bond donors (Lipinski definition) is 1. The van der Waals surface area contributed by atoms with E-state index in [-0.39, 0.29) is 24.4 Å². The molecule has 1 unspecified atom stereocenters. The first-order valence-electron chi connectivity index (χ1n) is 7.67. The number of rotatable bonds is 2. The average molecular weight is 330 g/mol. The summed E-state index contributed by atoms with van der Waals surface area (Å²) in [5, 5.41) is 1.17. The number of nitrogens with two attached hydrogens (primary N) is 1. The van der Waals surface area contributed by atoms with Gasteiger partial charge in [-0.2, -0.15) is 0 Å². The van der Waals surface area contributed by atoms with E-state index in [4.69, 9.17) is 5.73 Å². The summed E-state index contributed by atoms with van der Waals surface area (Å²) < 4.78 is 0. The molecule has 2 N–H and O–H groups in total. The van der Waals surface area contributed by atoms with E-state index >= 15 is 0 Å². The number of amides is 1. The number of likely N-dealkylation sites (tertiary alicyclic amines) is 1. The molecule has 1 aliphatic heterocycles. The Bertz CT molecular complexity index is 499. The summed E-state index contributed by atoms with van der Waals surface area (Å²) in [6.07, 6.45) is 7.10. The third-order valence-electron chi connectivity index (χ3n) is 4.46. The molecule has 3 rings (SSSR count). The van der Waals surface area contributed by atoms with Crippen LogP contribution in [0.5, 0.6) is 0 Å². The lowest BCUT2D eigenvalue weighted by Crippen LogP contribution is -2.45. The largest absolute Gasteiger partial charge is 0.336 e. The Morgan fingerprint density at radius 3 is 2.67 bits per heavy atom. The van der Waals surface area contributed by atoms with Crippen LogP contribution < -0.4 is 5.73 Å². The number of carbonyl (C=O) groups is 1. The van der Waals surface area contributed by atoms with Crippen molar-refractivity contribution in [3.8, 4) is 0 Å². The Morgan fingerprint density at radius 1 is 1.29 bits per heavy atom. The minimum Gasteiger partial charge on any atom is -0.336 e. The van der Waals surface area contributed by atoms with E-state index in [9.17, 15) is 4.79 Å². The van der Waals surface area contributed by atoms with Crippen LogP contribution in [0.25, 0.3) is 0 Å². The highest BCUT2D eigenvalue weighted by atomic mass is 35.5. The second kappa shape index (κ2) is 7.07. The van der Waals surface area contributed by atoms with Gasteiger partial charge in [-0.1, -0.05) is 12.8 Å². The van der Waals surface area contributed by atoms with E-state index < -0.39 is 0 Å². The fourth-order valence-electron chi connectivity index (χ4n) is 3.30. The monoisotopic (exact) mass is 329 g/mol. The van der Waals surface area contributed by atoms with Crippen molar-refractivity contribution in [1.29, 1.82) is 0 Å². The van der Waals surface area contributed by atoms with Gasteiger partial charge in [-0.15, -0.1) is 23.7 Å².